The van der Waals surface area contributed by atoms with Crippen LogP contribution in [0.1, 0.15) is 64.2 Å². The van der Waals surface area contributed by atoms with Crippen LogP contribution < -0.4 is 11.5 Å². The molecule has 12 heteroatoms. The van der Waals surface area contributed by atoms with E-state index in [2.05, 4.69) is 9.89 Å². The number of hydrogen-bond acceptors (Lipinski definition) is 3. The van der Waals surface area contributed by atoms with Crippen LogP contribution in [0, 0.1) is 23.7 Å². The summed E-state index contributed by atoms with van der Waals surface area (Å²) in [5.41, 5.74) is 11.0. The lowest BCUT2D eigenvalue weighted by Gasteiger charge is -2.43. The Balaban J connectivity index is 1.72. The third-order valence-corrected chi connectivity index (χ3v) is 8.21. The van der Waals surface area contributed by atoms with E-state index in [1.165, 1.54) is 11.9 Å². The summed E-state index contributed by atoms with van der Waals surface area (Å²) in [5, 5.41) is 0. The fraction of sp³-hybridized carbons (Fsp3) is 0.917. The van der Waals surface area contributed by atoms with Crippen LogP contribution in [0.5, 0.6) is 0 Å². The minimum absolute atomic E-state index is 0.0214. The maximum Gasteiger partial charge on any atom is 0.391 e. The first-order chi connectivity index (χ1) is 16.8. The molecule has 0 aromatic carbocycles. The number of nitrogens with two attached hydrogens (primary N) is 2. The van der Waals surface area contributed by atoms with Gasteiger partial charge in [0.1, 0.15) is 0 Å². The Kier molecular flexibility index (Phi) is 9.43. The molecule has 2 saturated carbocycles. The van der Waals surface area contributed by atoms with E-state index in [0.717, 1.165) is 32.1 Å². The maximum absolute atomic E-state index is 13.7. The zero-order chi connectivity index (χ0) is 26.7. The fourth-order valence-corrected chi connectivity index (χ4v) is 6.43. The number of guanidine groups is 1. The lowest BCUT2D eigenvalue weighted by atomic mass is 9.74. The van der Waals surface area contributed by atoms with Gasteiger partial charge in [-0.1, -0.05) is 19.3 Å². The second kappa shape index (κ2) is 11.8. The van der Waals surface area contributed by atoms with E-state index in [9.17, 15) is 31.1 Å². The Morgan fingerprint density at radius 2 is 1.44 bits per heavy atom. The average Bonchev–Trinajstić information content (AvgIpc) is 2.79. The quantitative estimate of drug-likeness (QED) is 0.307. The lowest BCUT2D eigenvalue weighted by Crippen LogP contribution is -2.55. The Morgan fingerprint density at radius 3 is 1.92 bits per heavy atom. The van der Waals surface area contributed by atoms with Gasteiger partial charge in [-0.3, -0.25) is 14.7 Å². The molecular weight excluding hydrogens is 488 g/mol. The van der Waals surface area contributed by atoms with Crippen LogP contribution >= 0.6 is 0 Å². The molecule has 0 bridgehead atoms. The molecule has 0 spiro atoms. The molecule has 3 unspecified atom stereocenters. The van der Waals surface area contributed by atoms with Crippen LogP contribution in [0.25, 0.3) is 0 Å². The number of aliphatic imine (C=N–C) groups is 1. The van der Waals surface area contributed by atoms with Gasteiger partial charge in [0, 0.05) is 26.7 Å². The van der Waals surface area contributed by atoms with Crippen molar-refractivity contribution in [3.05, 3.63) is 0 Å². The number of likely N-dealkylation sites (N-methyl/N-ethyl adjacent to an activating group) is 1. The van der Waals surface area contributed by atoms with Crippen molar-refractivity contribution in [2.24, 2.45) is 40.1 Å². The van der Waals surface area contributed by atoms with Gasteiger partial charge in [-0.05, 0) is 56.8 Å². The Labute approximate surface area is 208 Å². The second-order valence-electron chi connectivity index (χ2n) is 10.9. The first-order valence-electron chi connectivity index (χ1n) is 13.0. The van der Waals surface area contributed by atoms with Crippen LogP contribution in [-0.2, 0) is 4.79 Å². The number of hydrogen-bond donors (Lipinski definition) is 2. The van der Waals surface area contributed by atoms with E-state index >= 15 is 0 Å². The molecule has 3 aliphatic rings. The Hall–Kier alpha value is -1.72. The molecular formula is C24H39F6N5O. The predicted molar refractivity (Wildman–Crippen MR) is 125 cm³/mol. The molecule has 3 fully saturated rings. The number of likely N-dealkylation sites (tertiary alicyclic amines) is 1. The van der Waals surface area contributed by atoms with Crippen LogP contribution in [-0.4, -0.2) is 72.8 Å². The summed E-state index contributed by atoms with van der Waals surface area (Å²) in [6.07, 6.45) is -4.83. The fourth-order valence-electron chi connectivity index (χ4n) is 6.43. The predicted octanol–water partition coefficient (Wildman–Crippen LogP) is 4.29. The van der Waals surface area contributed by atoms with E-state index in [-0.39, 0.29) is 43.2 Å². The minimum atomic E-state index is -4.69. The molecule has 36 heavy (non-hydrogen) atoms. The van der Waals surface area contributed by atoms with Gasteiger partial charge in [0.25, 0.3) is 0 Å². The topological polar surface area (TPSA) is 88.0 Å². The molecule has 1 amide bonds. The zero-order valence-electron chi connectivity index (χ0n) is 20.8. The Bertz CT molecular complexity index is 733. The highest BCUT2D eigenvalue weighted by Crippen LogP contribution is 2.47. The number of halogens is 6. The van der Waals surface area contributed by atoms with E-state index < -0.39 is 42.6 Å². The van der Waals surface area contributed by atoms with Crippen LogP contribution in [0.3, 0.4) is 0 Å². The van der Waals surface area contributed by atoms with Crippen molar-refractivity contribution in [2.75, 3.05) is 26.7 Å². The summed E-state index contributed by atoms with van der Waals surface area (Å²) < 4.78 is 80.5. The van der Waals surface area contributed by atoms with E-state index in [1.54, 1.807) is 0 Å². The standard InChI is InChI=1S/C24H39F6N5O/c1-34(14-15-11-17(23(25,26)27)13-18(12-15)24(28,29)30)21(36)20(16-5-3-2-4-6-16)35-9-7-19(8-10-35)33-22(31)32/h15-20H,2-14H2,1H3,(H4,31,32,33). The third kappa shape index (κ3) is 7.64. The number of alkyl halides is 6. The first-order valence-corrected chi connectivity index (χ1v) is 13.0. The van der Waals surface area contributed by atoms with Crippen molar-refractivity contribution >= 4 is 11.9 Å². The maximum atomic E-state index is 13.7. The number of amides is 1. The smallest absolute Gasteiger partial charge is 0.370 e. The number of rotatable bonds is 6. The van der Waals surface area contributed by atoms with Crippen molar-refractivity contribution in [3.8, 4) is 0 Å². The molecule has 0 aromatic rings. The van der Waals surface area contributed by atoms with Crippen molar-refractivity contribution in [1.29, 1.82) is 0 Å². The highest BCUT2D eigenvalue weighted by atomic mass is 19.4. The Morgan fingerprint density at radius 1 is 0.917 bits per heavy atom. The van der Waals surface area contributed by atoms with Crippen molar-refractivity contribution in [3.63, 3.8) is 0 Å². The molecule has 4 N–H and O–H groups in total. The molecule has 1 heterocycles. The van der Waals surface area contributed by atoms with Gasteiger partial charge in [-0.15, -0.1) is 0 Å². The molecule has 208 valence electrons. The summed E-state index contributed by atoms with van der Waals surface area (Å²) in [4.78, 5) is 21.4. The van der Waals surface area contributed by atoms with E-state index in [1.807, 2.05) is 0 Å². The van der Waals surface area contributed by atoms with Gasteiger partial charge in [0.2, 0.25) is 5.91 Å². The van der Waals surface area contributed by atoms with Gasteiger partial charge in [0.05, 0.1) is 23.9 Å². The summed E-state index contributed by atoms with van der Waals surface area (Å²) >= 11 is 0. The number of carbonyl (C=O) groups is 1. The molecule has 1 aliphatic heterocycles. The number of piperidine rings is 1. The van der Waals surface area contributed by atoms with Crippen LogP contribution in [0.15, 0.2) is 4.99 Å². The van der Waals surface area contributed by atoms with Gasteiger partial charge >= 0.3 is 12.4 Å². The largest absolute Gasteiger partial charge is 0.391 e. The van der Waals surface area contributed by atoms with Gasteiger partial charge in [-0.25, -0.2) is 0 Å². The molecule has 3 atom stereocenters. The highest BCUT2D eigenvalue weighted by Gasteiger charge is 2.52. The molecule has 1 saturated heterocycles. The highest BCUT2D eigenvalue weighted by molar-refractivity contribution is 5.82. The first kappa shape index (κ1) is 28.8. The van der Waals surface area contributed by atoms with E-state index in [0.29, 0.717) is 25.9 Å². The van der Waals surface area contributed by atoms with Gasteiger partial charge in [0.15, 0.2) is 5.96 Å². The molecule has 3 rings (SSSR count). The third-order valence-electron chi connectivity index (χ3n) is 8.21. The van der Waals surface area contributed by atoms with Crippen LogP contribution in [0.2, 0.25) is 0 Å². The molecule has 2 aliphatic carbocycles. The monoisotopic (exact) mass is 527 g/mol. The summed E-state index contributed by atoms with van der Waals surface area (Å²) in [5.74, 6) is -4.93. The summed E-state index contributed by atoms with van der Waals surface area (Å²) in [6, 6.07) is -0.456. The number of nitrogens with zero attached hydrogens (tertiary/aromatic N) is 3. The molecule has 6 nitrogen and oxygen atoms in total. The summed E-state index contributed by atoms with van der Waals surface area (Å²) in [7, 11) is 1.52. The number of carbonyl (C=O) groups excluding carboxylic acids is 1. The second-order valence-corrected chi connectivity index (χ2v) is 10.9. The minimum Gasteiger partial charge on any atom is -0.370 e. The van der Waals surface area contributed by atoms with Crippen molar-refractivity contribution < 1.29 is 31.1 Å². The van der Waals surface area contributed by atoms with Crippen molar-refractivity contribution in [2.45, 2.75) is 88.6 Å². The zero-order valence-corrected chi connectivity index (χ0v) is 20.8. The normalized spacial score (nSPS) is 28.5. The van der Waals surface area contributed by atoms with Crippen LogP contribution in [0.4, 0.5) is 26.3 Å². The van der Waals surface area contributed by atoms with E-state index in [4.69, 9.17) is 11.5 Å². The lowest BCUT2D eigenvalue weighted by molar-refractivity contribution is -0.229. The average molecular weight is 528 g/mol. The van der Waals surface area contributed by atoms with Gasteiger partial charge in [-0.2, -0.15) is 26.3 Å². The molecule has 0 aromatic heterocycles. The van der Waals surface area contributed by atoms with Gasteiger partial charge < -0.3 is 16.4 Å². The SMILES string of the molecule is CN(CC1CC(C(F)(F)F)CC(C(F)(F)F)C1)C(=O)C(C1CCCCC1)N1CCC(N=C(N)N)CC1. The summed E-state index contributed by atoms with van der Waals surface area (Å²) in [6.45, 7) is 1.11. The van der Waals surface area contributed by atoms with Crippen molar-refractivity contribution in [1.82, 2.24) is 9.80 Å². The molecule has 0 radical (unpaired) electrons.